The maximum atomic E-state index is 15.7. The topological polar surface area (TPSA) is 279 Å². The number of hydrogen-bond acceptors (Lipinski definition) is 13. The first-order valence-electron chi connectivity index (χ1n) is 38.8. The Morgan fingerprint density at radius 2 is 1.25 bits per heavy atom. The molecule has 4 heterocycles. The lowest BCUT2D eigenvalue weighted by atomic mass is 9.78. The van der Waals surface area contributed by atoms with Crippen LogP contribution in [0, 0.1) is 41.4 Å². The fourth-order valence-electron chi connectivity index (χ4n) is 17.5. The molecule has 0 aromatic carbocycles. The maximum absolute atomic E-state index is 15.7. The largest absolute Gasteiger partial charge is 0.393 e. The van der Waals surface area contributed by atoms with Crippen LogP contribution >= 0.6 is 11.6 Å². The van der Waals surface area contributed by atoms with Crippen molar-refractivity contribution in [2.24, 2.45) is 41.4 Å². The monoisotopic (exact) mass is 1540 g/mol. The van der Waals surface area contributed by atoms with E-state index in [0.717, 1.165) is 14.7 Å². The molecule has 0 aromatic rings. The Morgan fingerprint density at radius 1 is 0.617 bits per heavy atom. The quantitative estimate of drug-likeness (QED) is 0.114. The van der Waals surface area contributed by atoms with Crippen molar-refractivity contribution in [2.75, 3.05) is 94.8 Å². The van der Waals surface area contributed by atoms with E-state index in [9.17, 15) is 45.5 Å². The molecule has 25 nitrogen and oxygen atoms in total. The second-order valence-electron chi connectivity index (χ2n) is 32.2. The second kappa shape index (κ2) is 37.3. The molecule has 32 heteroatoms. The highest BCUT2D eigenvalue weighted by Gasteiger charge is 2.53. The minimum absolute atomic E-state index is 0.00194. The van der Waals surface area contributed by atoms with Crippen molar-refractivity contribution in [3.63, 3.8) is 0 Å². The Labute approximate surface area is 630 Å². The Bertz CT molecular complexity index is 3210. The Balaban J connectivity index is 1.18. The zero-order valence-corrected chi connectivity index (χ0v) is 64.8. The van der Waals surface area contributed by atoms with Crippen molar-refractivity contribution < 1.29 is 88.6 Å². The van der Waals surface area contributed by atoms with Gasteiger partial charge in [-0.05, 0) is 145 Å². The highest BCUT2D eigenvalue weighted by molar-refractivity contribution is 6.21. The number of nitrogens with one attached hydrogen (secondary N) is 3. The molecule has 1 spiro atoms. The number of fused-ring (bicyclic) bond motifs is 3. The van der Waals surface area contributed by atoms with Crippen LogP contribution in [0.25, 0.3) is 0 Å². The summed E-state index contributed by atoms with van der Waals surface area (Å²) in [6.45, 7) is 6.23. The van der Waals surface area contributed by atoms with E-state index in [0.29, 0.717) is 51.4 Å². The molecular formula is C75H115ClF6N12O13. The SMILES string of the molecule is CC[C@H](C)[C@@H]1NC(=O)[C@H](CC(C)C)N(C)C(=O)C[C@@H](C(=O)N2CCOCC2)N(C)C(=O)[C@H](C2CCCC2)N(C)C(=O)C2(CCCC2)NC(=O)[C@@H]2CCCN2C(=O)[C@H](CCC2CCC(C(F)(F)F)C(Cl)C2)NC(=O)CN(C)C(=O)[C@H](CC2CCC(C(F)(F)F)CC2)N2CC=CC[C@@H](C2=O)N(C)C(=O)CN(C)C1=O. The van der Waals surface area contributed by atoms with E-state index < -0.39 is 198 Å². The van der Waals surface area contributed by atoms with Gasteiger partial charge in [-0.1, -0.05) is 72.0 Å². The number of hydrogen-bond donors (Lipinski definition) is 3. The van der Waals surface area contributed by atoms with Crippen LogP contribution in [-0.2, 0) is 62.3 Å². The Hall–Kier alpha value is -6.79. The lowest BCUT2D eigenvalue weighted by molar-refractivity contribution is -0.184. The van der Waals surface area contributed by atoms with Gasteiger partial charge in [0.25, 0.3) is 0 Å². The molecule has 602 valence electrons. The number of carbonyl (C=O) groups is 12. The van der Waals surface area contributed by atoms with E-state index in [2.05, 4.69) is 16.0 Å². The number of morpholine rings is 1. The molecule has 4 aliphatic heterocycles. The molecule has 8 rings (SSSR count). The Morgan fingerprint density at radius 3 is 1.86 bits per heavy atom. The van der Waals surface area contributed by atoms with Crippen molar-refractivity contribution >= 4 is 82.5 Å². The molecule has 3 saturated heterocycles. The zero-order valence-electron chi connectivity index (χ0n) is 64.0. The van der Waals surface area contributed by atoms with Gasteiger partial charge in [0, 0.05) is 73.8 Å². The maximum Gasteiger partial charge on any atom is 0.393 e. The average molecular weight is 1540 g/mol. The van der Waals surface area contributed by atoms with Gasteiger partial charge in [0.2, 0.25) is 70.9 Å². The van der Waals surface area contributed by atoms with Gasteiger partial charge in [0.1, 0.15) is 53.9 Å². The molecule has 8 aliphatic rings. The second-order valence-corrected chi connectivity index (χ2v) is 32.7. The molecule has 7 fully saturated rings. The number of halogens is 7. The van der Waals surface area contributed by atoms with Crippen molar-refractivity contribution in [1.29, 1.82) is 0 Å². The van der Waals surface area contributed by atoms with Crippen molar-refractivity contribution in [1.82, 2.24) is 60.0 Å². The molecule has 107 heavy (non-hydrogen) atoms. The molecule has 4 saturated carbocycles. The summed E-state index contributed by atoms with van der Waals surface area (Å²) in [5.41, 5.74) is -1.61. The number of likely N-dealkylation sites (N-methyl/N-ethyl adjacent to an activating group) is 6. The van der Waals surface area contributed by atoms with Crippen LogP contribution in [0.1, 0.15) is 182 Å². The first kappa shape index (κ1) is 85.8. The summed E-state index contributed by atoms with van der Waals surface area (Å²) in [7, 11) is 8.27. The number of alkyl halides is 7. The van der Waals surface area contributed by atoms with Gasteiger partial charge in [0.15, 0.2) is 0 Å². The van der Waals surface area contributed by atoms with Gasteiger partial charge < -0.3 is 64.8 Å². The van der Waals surface area contributed by atoms with E-state index >= 15 is 38.4 Å². The molecule has 2 bridgehead atoms. The molecule has 12 amide bonds. The lowest BCUT2D eigenvalue weighted by Gasteiger charge is -2.42. The normalized spacial score (nSPS) is 31.4. The van der Waals surface area contributed by atoms with Gasteiger partial charge >= 0.3 is 12.4 Å². The fourth-order valence-corrected chi connectivity index (χ4v) is 18.1. The van der Waals surface area contributed by atoms with E-state index in [1.165, 1.54) is 71.7 Å². The minimum Gasteiger partial charge on any atom is -0.378 e. The fraction of sp³-hybridized carbons (Fsp3) is 0.813. The van der Waals surface area contributed by atoms with Crippen LogP contribution in [0.15, 0.2) is 12.2 Å². The molecule has 3 unspecified atom stereocenters. The van der Waals surface area contributed by atoms with Crippen LogP contribution in [0.4, 0.5) is 26.3 Å². The first-order chi connectivity index (χ1) is 50.4. The van der Waals surface area contributed by atoms with Crippen molar-refractivity contribution in [2.45, 2.75) is 253 Å². The van der Waals surface area contributed by atoms with Gasteiger partial charge in [-0.3, -0.25) is 57.5 Å². The molecule has 12 atom stereocenters. The van der Waals surface area contributed by atoms with Crippen LogP contribution in [0.5, 0.6) is 0 Å². The van der Waals surface area contributed by atoms with Crippen molar-refractivity contribution in [3.05, 3.63) is 12.2 Å². The first-order valence-corrected chi connectivity index (χ1v) is 39.2. The van der Waals surface area contributed by atoms with Gasteiger partial charge in [-0.2, -0.15) is 26.3 Å². The summed E-state index contributed by atoms with van der Waals surface area (Å²) >= 11 is 6.41. The highest BCUT2D eigenvalue weighted by Crippen LogP contribution is 2.45. The standard InChI is InChI=1S/C75H115ClF6N12O13/c1-11-46(4)62-70(104)87(6)44-61(97)88(7)55-21-14-17-33-94(69(55)103)58(41-48-23-27-50(28-24-48)74(77,78)79)67(101)86(5)43-59(95)83-53(30-26-47-25-29-51(52(76)40-47)75(80,81)82)66(100)93-34-18-22-54(93)65(99)85-73(31-15-16-32-73)72(106)91(10)63(49-19-12-13-20-49)71(105)90(9)57(68(102)92-35-37-107-38-36-92)42-60(96)89(8)56(39-45(2)3)64(98)84-62/h14,17,45-58,62-63H,11-13,15-16,18-44H2,1-10H3,(H,83,95)(H,84,98)(H,85,99)/t46-,47?,48?,50?,51?,52?,53-,54-,55-,56-,57-,58-,62-,63-/m0/s1. The number of amides is 12. The summed E-state index contributed by atoms with van der Waals surface area (Å²) in [6, 6.07) is -10.6. The van der Waals surface area contributed by atoms with Gasteiger partial charge in [-0.25, -0.2) is 0 Å². The Kier molecular flexibility index (Phi) is 29.9. The number of carbonyl (C=O) groups excluding carboxylic acids is 12. The average Bonchev–Trinajstić information content (AvgIpc) is 1.73. The van der Waals surface area contributed by atoms with E-state index in [4.69, 9.17) is 16.3 Å². The van der Waals surface area contributed by atoms with Gasteiger partial charge in [-0.15, -0.1) is 11.6 Å². The number of ether oxygens (including phenoxy) is 1. The van der Waals surface area contributed by atoms with Crippen LogP contribution in [0.2, 0.25) is 0 Å². The third-order valence-corrected chi connectivity index (χ3v) is 24.9. The molecule has 0 aromatic heterocycles. The summed E-state index contributed by atoms with van der Waals surface area (Å²) in [5, 5.41) is 7.43. The van der Waals surface area contributed by atoms with E-state index in [-0.39, 0.29) is 142 Å². The molecule has 0 radical (unpaired) electrons. The minimum atomic E-state index is -4.56. The summed E-state index contributed by atoms with van der Waals surface area (Å²) < 4.78 is 90.1. The van der Waals surface area contributed by atoms with Crippen LogP contribution in [0.3, 0.4) is 0 Å². The smallest absolute Gasteiger partial charge is 0.378 e. The van der Waals surface area contributed by atoms with Crippen LogP contribution in [-0.4, -0.2) is 281 Å². The highest BCUT2D eigenvalue weighted by atomic mass is 35.5. The predicted molar refractivity (Wildman–Crippen MR) is 383 cm³/mol. The van der Waals surface area contributed by atoms with Gasteiger partial charge in [0.05, 0.1) is 44.6 Å². The molecular weight excluding hydrogens is 1430 g/mol. The summed E-state index contributed by atoms with van der Waals surface area (Å²) in [4.78, 5) is 193. The molecule has 4 aliphatic carbocycles. The zero-order chi connectivity index (χ0) is 78.7. The number of nitrogens with zero attached hydrogens (tertiary/aromatic N) is 9. The molecule has 3 N–H and O–H groups in total. The van der Waals surface area contributed by atoms with E-state index in [1.54, 1.807) is 26.0 Å². The third-order valence-electron chi connectivity index (χ3n) is 24.4. The summed E-state index contributed by atoms with van der Waals surface area (Å²) in [6.07, 6.45) is -2.81. The third kappa shape index (κ3) is 21.0. The summed E-state index contributed by atoms with van der Waals surface area (Å²) in [5.74, 6) is -14.1. The number of rotatable bonds is 11. The predicted octanol–water partition coefficient (Wildman–Crippen LogP) is 6.43. The van der Waals surface area contributed by atoms with Crippen molar-refractivity contribution in [3.8, 4) is 0 Å². The van der Waals surface area contributed by atoms with E-state index in [1.807, 2.05) is 13.8 Å². The van der Waals surface area contributed by atoms with Crippen LogP contribution < -0.4 is 16.0 Å². The lowest BCUT2D eigenvalue weighted by Crippen LogP contribution is -2.65.